The minimum Gasteiger partial charge on any atom is -0.261 e. The smallest absolute Gasteiger partial charge is 0.0438 e. The lowest BCUT2D eigenvalue weighted by molar-refractivity contribution is 0.626. The average molecular weight is 267 g/mol. The van der Waals surface area contributed by atoms with Gasteiger partial charge in [0.25, 0.3) is 0 Å². The van der Waals surface area contributed by atoms with Crippen LogP contribution in [0, 0.1) is 0 Å². The lowest BCUT2D eigenvalue weighted by atomic mass is 10.00. The third-order valence-electron chi connectivity index (χ3n) is 3.74. The summed E-state index contributed by atoms with van der Waals surface area (Å²) in [6, 6.07) is 14.9. The van der Waals surface area contributed by atoms with E-state index in [0.717, 1.165) is 12.8 Å². The molecule has 0 aliphatic rings. The summed E-state index contributed by atoms with van der Waals surface area (Å²) in [6.07, 6.45) is 10.7. The van der Waals surface area contributed by atoms with Crippen molar-refractivity contribution in [2.24, 2.45) is 0 Å². The molecule has 0 bridgehead atoms. The topological polar surface area (TPSA) is 12.9 Å². The van der Waals surface area contributed by atoms with Gasteiger partial charge in [-0.25, -0.2) is 0 Å². The van der Waals surface area contributed by atoms with Gasteiger partial charge in [-0.3, -0.25) is 4.98 Å². The summed E-state index contributed by atoms with van der Waals surface area (Å²) in [5.41, 5.74) is 4.04. The Morgan fingerprint density at radius 1 is 0.850 bits per heavy atom. The molecule has 1 heterocycles. The molecule has 0 saturated heterocycles. The van der Waals surface area contributed by atoms with Crippen LogP contribution in [0.2, 0.25) is 0 Å². The lowest BCUT2D eigenvalue weighted by Crippen LogP contribution is -1.99. The van der Waals surface area contributed by atoms with Crippen LogP contribution in [-0.2, 0) is 12.8 Å². The third kappa shape index (κ3) is 4.80. The molecule has 1 aromatic carbocycles. The second kappa shape index (κ2) is 8.52. The number of aryl methyl sites for hydroxylation is 1. The number of aromatic nitrogens is 1. The first-order valence-electron chi connectivity index (χ1n) is 7.87. The van der Waals surface area contributed by atoms with Crippen molar-refractivity contribution in [3.05, 3.63) is 65.5 Å². The molecule has 1 heteroatoms. The third-order valence-corrected chi connectivity index (χ3v) is 3.74. The summed E-state index contributed by atoms with van der Waals surface area (Å²) < 4.78 is 0. The van der Waals surface area contributed by atoms with E-state index in [2.05, 4.69) is 54.4 Å². The van der Waals surface area contributed by atoms with Crippen molar-refractivity contribution in [2.75, 3.05) is 0 Å². The highest BCUT2D eigenvalue weighted by atomic mass is 14.7. The van der Waals surface area contributed by atoms with E-state index in [0.29, 0.717) is 0 Å². The lowest BCUT2D eigenvalue weighted by Gasteiger charge is -2.08. The van der Waals surface area contributed by atoms with Crippen LogP contribution in [0.1, 0.15) is 55.8 Å². The predicted molar refractivity (Wildman–Crippen MR) is 85.9 cm³/mol. The van der Waals surface area contributed by atoms with Crippen LogP contribution in [-0.4, -0.2) is 4.98 Å². The van der Waals surface area contributed by atoms with Gasteiger partial charge in [-0.05, 0) is 36.5 Å². The Balaban J connectivity index is 1.92. The van der Waals surface area contributed by atoms with Gasteiger partial charge in [0.2, 0.25) is 0 Å². The fourth-order valence-corrected chi connectivity index (χ4v) is 2.57. The monoisotopic (exact) mass is 267 g/mol. The van der Waals surface area contributed by atoms with E-state index in [1.807, 2.05) is 6.20 Å². The second-order valence-electron chi connectivity index (χ2n) is 5.44. The fourth-order valence-electron chi connectivity index (χ4n) is 2.57. The largest absolute Gasteiger partial charge is 0.261 e. The molecule has 1 aromatic heterocycles. The Labute approximate surface area is 123 Å². The first-order chi connectivity index (χ1) is 9.90. The zero-order chi connectivity index (χ0) is 14.0. The number of hydrogen-bond donors (Lipinski definition) is 0. The van der Waals surface area contributed by atoms with E-state index in [1.165, 1.54) is 48.9 Å². The molecular weight excluding hydrogens is 242 g/mol. The number of benzene rings is 1. The van der Waals surface area contributed by atoms with Gasteiger partial charge in [-0.15, -0.1) is 0 Å². The fraction of sp³-hybridized carbons (Fsp3) is 0.421. The summed E-state index contributed by atoms with van der Waals surface area (Å²) in [5.74, 6) is 0. The van der Waals surface area contributed by atoms with Crippen LogP contribution in [0.4, 0.5) is 0 Å². The van der Waals surface area contributed by atoms with E-state index in [1.54, 1.807) is 0 Å². The molecule has 2 rings (SSSR count). The highest BCUT2D eigenvalue weighted by Gasteiger charge is 2.04. The van der Waals surface area contributed by atoms with Gasteiger partial charge in [0.05, 0.1) is 0 Å². The zero-order valence-electron chi connectivity index (χ0n) is 12.5. The molecule has 106 valence electrons. The molecule has 0 fully saturated rings. The van der Waals surface area contributed by atoms with Crippen molar-refractivity contribution < 1.29 is 0 Å². The molecule has 0 aliphatic heterocycles. The van der Waals surface area contributed by atoms with E-state index in [9.17, 15) is 0 Å². The Bertz CT molecular complexity index is 490. The molecule has 0 atom stereocenters. The summed E-state index contributed by atoms with van der Waals surface area (Å²) in [6.45, 7) is 2.26. The van der Waals surface area contributed by atoms with Crippen molar-refractivity contribution in [2.45, 2.75) is 51.9 Å². The Hall–Kier alpha value is -1.63. The van der Waals surface area contributed by atoms with E-state index >= 15 is 0 Å². The van der Waals surface area contributed by atoms with Gasteiger partial charge in [-0.1, -0.05) is 69.0 Å². The van der Waals surface area contributed by atoms with Crippen LogP contribution in [0.15, 0.2) is 48.7 Å². The van der Waals surface area contributed by atoms with Gasteiger partial charge in [-0.2, -0.15) is 0 Å². The predicted octanol–water partition coefficient (Wildman–Crippen LogP) is 5.19. The summed E-state index contributed by atoms with van der Waals surface area (Å²) in [5, 5.41) is 0. The normalized spacial score (nSPS) is 10.7. The van der Waals surface area contributed by atoms with E-state index < -0.39 is 0 Å². The number of unbranched alkanes of at least 4 members (excludes halogenated alkanes) is 4. The quantitative estimate of drug-likeness (QED) is 0.600. The Morgan fingerprint density at radius 3 is 2.45 bits per heavy atom. The van der Waals surface area contributed by atoms with Crippen molar-refractivity contribution in [3.63, 3.8) is 0 Å². The van der Waals surface area contributed by atoms with Gasteiger partial charge in [0.15, 0.2) is 0 Å². The van der Waals surface area contributed by atoms with E-state index in [-0.39, 0.29) is 0 Å². The molecule has 0 amide bonds. The molecule has 0 N–H and O–H groups in total. The molecular formula is C19H25N. The second-order valence-corrected chi connectivity index (χ2v) is 5.44. The number of nitrogens with zero attached hydrogens (tertiary/aromatic N) is 1. The van der Waals surface area contributed by atoms with Crippen molar-refractivity contribution >= 4 is 0 Å². The highest BCUT2D eigenvalue weighted by molar-refractivity contribution is 5.28. The molecule has 0 spiro atoms. The van der Waals surface area contributed by atoms with Crippen molar-refractivity contribution in [3.8, 4) is 0 Å². The number of rotatable bonds is 8. The molecule has 0 radical (unpaired) electrons. The minimum absolute atomic E-state index is 0.999. The van der Waals surface area contributed by atoms with Crippen molar-refractivity contribution in [1.29, 1.82) is 0 Å². The first-order valence-corrected chi connectivity index (χ1v) is 7.87. The molecule has 0 aliphatic carbocycles. The summed E-state index contributed by atoms with van der Waals surface area (Å²) in [7, 11) is 0. The first kappa shape index (κ1) is 14.8. The van der Waals surface area contributed by atoms with Gasteiger partial charge in [0, 0.05) is 11.9 Å². The standard InChI is InChI=1S/C19H25N/c1-2-3-4-5-9-14-19-18(13-10-15-20-19)16-17-11-7-6-8-12-17/h6-8,10-13,15H,2-5,9,14,16H2,1H3. The summed E-state index contributed by atoms with van der Waals surface area (Å²) >= 11 is 0. The van der Waals surface area contributed by atoms with Crippen LogP contribution in [0.3, 0.4) is 0 Å². The Morgan fingerprint density at radius 2 is 1.65 bits per heavy atom. The van der Waals surface area contributed by atoms with E-state index in [4.69, 9.17) is 0 Å². The van der Waals surface area contributed by atoms with Gasteiger partial charge in [0.1, 0.15) is 0 Å². The molecule has 0 saturated carbocycles. The highest BCUT2D eigenvalue weighted by Crippen LogP contribution is 2.15. The van der Waals surface area contributed by atoms with Crippen LogP contribution < -0.4 is 0 Å². The maximum Gasteiger partial charge on any atom is 0.0438 e. The summed E-state index contributed by atoms with van der Waals surface area (Å²) in [4.78, 5) is 4.59. The van der Waals surface area contributed by atoms with Gasteiger partial charge < -0.3 is 0 Å². The Kier molecular flexibility index (Phi) is 6.30. The number of pyridine rings is 1. The van der Waals surface area contributed by atoms with Crippen LogP contribution in [0.25, 0.3) is 0 Å². The van der Waals surface area contributed by atoms with Gasteiger partial charge >= 0.3 is 0 Å². The molecule has 20 heavy (non-hydrogen) atoms. The number of hydrogen-bond acceptors (Lipinski definition) is 1. The molecule has 2 aromatic rings. The maximum absolute atomic E-state index is 4.59. The average Bonchev–Trinajstić information content (AvgIpc) is 2.50. The minimum atomic E-state index is 0.999. The van der Waals surface area contributed by atoms with Crippen LogP contribution in [0.5, 0.6) is 0 Å². The maximum atomic E-state index is 4.59. The van der Waals surface area contributed by atoms with Crippen molar-refractivity contribution in [1.82, 2.24) is 4.98 Å². The SMILES string of the molecule is CCCCCCCc1ncccc1Cc1ccccc1. The zero-order valence-corrected chi connectivity index (χ0v) is 12.5. The molecule has 0 unspecified atom stereocenters. The molecule has 1 nitrogen and oxygen atoms in total. The van der Waals surface area contributed by atoms with Crippen LogP contribution >= 0.6 is 0 Å².